The molecule has 6 nitrogen and oxygen atoms in total. The first kappa shape index (κ1) is 20.4. The second-order valence-electron chi connectivity index (χ2n) is 6.13. The number of amides is 1. The van der Waals surface area contributed by atoms with E-state index in [1.54, 1.807) is 0 Å². The van der Waals surface area contributed by atoms with Crippen LogP contribution in [0.2, 0.25) is 5.02 Å². The molecular formula is C19H12ClF3N2O4. The molecule has 0 unspecified atom stereocenters. The van der Waals surface area contributed by atoms with E-state index in [0.29, 0.717) is 10.9 Å². The minimum absolute atomic E-state index is 0.135. The summed E-state index contributed by atoms with van der Waals surface area (Å²) in [7, 11) is 0. The van der Waals surface area contributed by atoms with Crippen LogP contribution < -0.4 is 10.9 Å². The lowest BCUT2D eigenvalue weighted by atomic mass is 10.1. The van der Waals surface area contributed by atoms with E-state index in [9.17, 15) is 27.6 Å². The lowest BCUT2D eigenvalue weighted by Gasteiger charge is -2.10. The van der Waals surface area contributed by atoms with Crippen LogP contribution in [0.5, 0.6) is 0 Å². The van der Waals surface area contributed by atoms with E-state index < -0.39 is 46.9 Å². The zero-order valence-electron chi connectivity index (χ0n) is 14.5. The first-order valence-electron chi connectivity index (χ1n) is 8.15. The highest BCUT2D eigenvalue weighted by Gasteiger charge is 2.17. The van der Waals surface area contributed by atoms with Gasteiger partial charge in [0, 0.05) is 22.5 Å². The fourth-order valence-electron chi connectivity index (χ4n) is 2.78. The van der Waals surface area contributed by atoms with E-state index in [1.165, 1.54) is 12.1 Å². The Kier molecular flexibility index (Phi) is 5.60. The summed E-state index contributed by atoms with van der Waals surface area (Å²) in [6, 6.07) is 5.74. The van der Waals surface area contributed by atoms with E-state index >= 15 is 0 Å². The van der Waals surface area contributed by atoms with Gasteiger partial charge in [-0.25, -0.2) is 18.0 Å². The molecule has 1 amide bonds. The maximum absolute atomic E-state index is 13.7. The third-order valence-corrected chi connectivity index (χ3v) is 4.39. The lowest BCUT2D eigenvalue weighted by molar-refractivity contribution is -0.120. The van der Waals surface area contributed by atoms with Gasteiger partial charge in [-0.3, -0.25) is 9.59 Å². The molecule has 0 atom stereocenters. The second-order valence-corrected chi connectivity index (χ2v) is 6.57. The molecule has 29 heavy (non-hydrogen) atoms. The van der Waals surface area contributed by atoms with Crippen molar-refractivity contribution in [1.82, 2.24) is 10.3 Å². The fourth-order valence-corrected chi connectivity index (χ4v) is 3.03. The predicted molar refractivity (Wildman–Crippen MR) is 98.4 cm³/mol. The number of benzene rings is 2. The van der Waals surface area contributed by atoms with Crippen LogP contribution in [-0.2, 0) is 17.8 Å². The number of carboxylic acids is 1. The van der Waals surface area contributed by atoms with Crippen molar-refractivity contribution in [3.8, 4) is 0 Å². The topological polar surface area (TPSA) is 99.3 Å². The maximum atomic E-state index is 13.7. The zero-order valence-corrected chi connectivity index (χ0v) is 15.2. The number of aromatic carboxylic acids is 1. The molecule has 0 radical (unpaired) electrons. The Bertz CT molecular complexity index is 1210. The van der Waals surface area contributed by atoms with Gasteiger partial charge in [0.15, 0.2) is 17.5 Å². The Morgan fingerprint density at radius 1 is 1.07 bits per heavy atom. The van der Waals surface area contributed by atoms with Crippen LogP contribution >= 0.6 is 11.6 Å². The highest BCUT2D eigenvalue weighted by molar-refractivity contribution is 6.31. The number of fused-ring (bicyclic) bond motifs is 1. The third kappa shape index (κ3) is 4.24. The van der Waals surface area contributed by atoms with Gasteiger partial charge < -0.3 is 15.4 Å². The van der Waals surface area contributed by atoms with E-state index in [-0.39, 0.29) is 22.6 Å². The number of halogens is 4. The van der Waals surface area contributed by atoms with Gasteiger partial charge in [-0.2, -0.15) is 0 Å². The van der Waals surface area contributed by atoms with Crippen molar-refractivity contribution >= 4 is 34.4 Å². The van der Waals surface area contributed by atoms with Gasteiger partial charge in [-0.15, -0.1) is 0 Å². The highest BCUT2D eigenvalue weighted by atomic mass is 35.5. The number of aromatic nitrogens is 1. The van der Waals surface area contributed by atoms with Crippen molar-refractivity contribution in [3.63, 3.8) is 0 Å². The molecule has 150 valence electrons. The Morgan fingerprint density at radius 3 is 2.48 bits per heavy atom. The van der Waals surface area contributed by atoms with E-state index in [2.05, 4.69) is 10.3 Å². The van der Waals surface area contributed by atoms with Crippen LogP contribution in [-0.4, -0.2) is 22.0 Å². The number of H-pyrrole nitrogens is 1. The van der Waals surface area contributed by atoms with Crippen molar-refractivity contribution < 1.29 is 27.9 Å². The van der Waals surface area contributed by atoms with Gasteiger partial charge in [0.05, 0.1) is 11.9 Å². The second kappa shape index (κ2) is 7.96. The zero-order chi connectivity index (χ0) is 21.3. The number of rotatable bonds is 5. The number of pyridine rings is 1. The average Bonchev–Trinajstić information content (AvgIpc) is 2.66. The van der Waals surface area contributed by atoms with Crippen LogP contribution in [0, 0.1) is 17.5 Å². The number of carboxylic acid groups (broad SMARTS) is 1. The SMILES string of the molecule is O=C(Cc1ccc(F)c(F)c1F)NCc1cc(Cl)cc2cc(C(=O)O)c(=O)[nH]c12. The molecule has 0 bridgehead atoms. The molecular weight excluding hydrogens is 413 g/mol. The fraction of sp³-hybridized carbons (Fsp3) is 0.105. The standard InChI is InChI=1S/C19H12ClF3N2O4/c20-11-3-9-5-12(19(28)29)18(27)25-17(9)10(4-11)7-24-14(26)6-8-1-2-13(21)16(23)15(8)22/h1-5H,6-7H2,(H,24,26)(H,25,27)(H,28,29). The lowest BCUT2D eigenvalue weighted by Crippen LogP contribution is -2.26. The Balaban J connectivity index is 1.84. The molecule has 3 N–H and O–H groups in total. The Morgan fingerprint density at radius 2 is 1.79 bits per heavy atom. The van der Waals surface area contributed by atoms with Crippen molar-refractivity contribution in [2.75, 3.05) is 0 Å². The van der Waals surface area contributed by atoms with Crippen LogP contribution in [0.1, 0.15) is 21.5 Å². The molecule has 3 rings (SSSR count). The predicted octanol–water partition coefficient (Wildman–Crippen LogP) is 3.16. The van der Waals surface area contributed by atoms with Gasteiger partial charge in [0.25, 0.3) is 5.56 Å². The monoisotopic (exact) mass is 424 g/mol. The summed E-state index contributed by atoms with van der Waals surface area (Å²) in [6.07, 6.45) is -0.540. The molecule has 1 aromatic heterocycles. The summed E-state index contributed by atoms with van der Waals surface area (Å²) in [6.45, 7) is -0.135. The van der Waals surface area contributed by atoms with Crippen molar-refractivity contribution in [2.24, 2.45) is 0 Å². The van der Waals surface area contributed by atoms with Crippen LogP contribution in [0.15, 0.2) is 35.1 Å². The molecule has 0 aliphatic rings. The molecule has 3 aromatic rings. The molecule has 10 heteroatoms. The molecule has 0 fully saturated rings. The van der Waals surface area contributed by atoms with Gasteiger partial charge in [0.2, 0.25) is 5.91 Å². The van der Waals surface area contributed by atoms with Crippen LogP contribution in [0.25, 0.3) is 10.9 Å². The number of carbonyl (C=O) groups is 2. The average molecular weight is 425 g/mol. The minimum atomic E-state index is -1.66. The maximum Gasteiger partial charge on any atom is 0.341 e. The molecule has 0 saturated heterocycles. The van der Waals surface area contributed by atoms with Gasteiger partial charge in [0.1, 0.15) is 5.56 Å². The van der Waals surface area contributed by atoms with Gasteiger partial charge in [-0.1, -0.05) is 17.7 Å². The number of carbonyl (C=O) groups excluding carboxylic acids is 1. The highest BCUT2D eigenvalue weighted by Crippen LogP contribution is 2.22. The molecule has 2 aromatic carbocycles. The minimum Gasteiger partial charge on any atom is -0.477 e. The Hall–Kier alpha value is -3.33. The first-order chi connectivity index (χ1) is 13.7. The number of nitrogens with one attached hydrogen (secondary N) is 2. The molecule has 0 aliphatic carbocycles. The van der Waals surface area contributed by atoms with Crippen molar-refractivity contribution in [2.45, 2.75) is 13.0 Å². The summed E-state index contributed by atoms with van der Waals surface area (Å²) in [5, 5.41) is 12.1. The number of hydrogen-bond acceptors (Lipinski definition) is 3. The largest absolute Gasteiger partial charge is 0.477 e. The number of hydrogen-bond donors (Lipinski definition) is 3. The third-order valence-electron chi connectivity index (χ3n) is 4.17. The van der Waals surface area contributed by atoms with Gasteiger partial charge >= 0.3 is 5.97 Å². The molecule has 0 spiro atoms. The van der Waals surface area contributed by atoms with Crippen molar-refractivity contribution in [1.29, 1.82) is 0 Å². The van der Waals surface area contributed by atoms with E-state index in [0.717, 1.165) is 18.2 Å². The van der Waals surface area contributed by atoms with Crippen molar-refractivity contribution in [3.05, 3.63) is 79.9 Å². The number of aromatic amines is 1. The van der Waals surface area contributed by atoms with E-state index in [4.69, 9.17) is 16.7 Å². The van der Waals surface area contributed by atoms with E-state index in [1.807, 2.05) is 0 Å². The van der Waals surface area contributed by atoms with Gasteiger partial charge in [-0.05, 0) is 29.8 Å². The Labute approximate surface area is 165 Å². The smallest absolute Gasteiger partial charge is 0.341 e. The summed E-state index contributed by atoms with van der Waals surface area (Å²) in [5.41, 5.74) is -0.978. The quantitative estimate of drug-likeness (QED) is 0.548. The van der Waals surface area contributed by atoms with Crippen LogP contribution in [0.4, 0.5) is 13.2 Å². The summed E-state index contributed by atoms with van der Waals surface area (Å²) >= 11 is 6.01. The normalized spacial score (nSPS) is 10.9. The summed E-state index contributed by atoms with van der Waals surface area (Å²) < 4.78 is 39.9. The molecule has 1 heterocycles. The molecule has 0 saturated carbocycles. The summed E-state index contributed by atoms with van der Waals surface area (Å²) in [5.74, 6) is -6.56. The molecule has 0 aliphatic heterocycles. The summed E-state index contributed by atoms with van der Waals surface area (Å²) in [4.78, 5) is 37.6. The first-order valence-corrected chi connectivity index (χ1v) is 8.53. The van der Waals surface area contributed by atoms with Crippen LogP contribution in [0.3, 0.4) is 0 Å².